The fraction of sp³-hybridized carbons (Fsp3) is 0.364. The van der Waals surface area contributed by atoms with Crippen LogP contribution in [0.25, 0.3) is 0 Å². The summed E-state index contributed by atoms with van der Waals surface area (Å²) in [5, 5.41) is 0. The van der Waals surface area contributed by atoms with Crippen LogP contribution in [0, 0.1) is 0 Å². The number of carbonyl (C=O) groups is 1. The predicted molar refractivity (Wildman–Crippen MR) is 65.4 cm³/mol. The number of fused-ring (bicyclic) bond motifs is 1. The third-order valence-electron chi connectivity index (χ3n) is 3.14. The summed E-state index contributed by atoms with van der Waals surface area (Å²) in [6.45, 7) is 0. The van der Waals surface area contributed by atoms with Crippen molar-refractivity contribution in [2.24, 2.45) is 0 Å². The van der Waals surface area contributed by atoms with Gasteiger partial charge in [-0.05, 0) is 11.6 Å². The van der Waals surface area contributed by atoms with E-state index in [1.807, 2.05) is 0 Å². The van der Waals surface area contributed by atoms with Crippen molar-refractivity contribution < 1.29 is 39.6 Å². The molecule has 1 aromatic rings. The zero-order chi connectivity index (χ0) is 17.8. The van der Waals surface area contributed by atoms with Crippen molar-refractivity contribution in [3.63, 3.8) is 0 Å². The Hall–Kier alpha value is -1.49. The highest BCUT2D eigenvalue weighted by molar-refractivity contribution is 7.90. The third kappa shape index (κ3) is 2.75. The maximum absolute atomic E-state index is 12.8. The Morgan fingerprint density at radius 2 is 1.61 bits per heavy atom. The van der Waals surface area contributed by atoms with E-state index in [1.54, 1.807) is 0 Å². The second-order valence-electron chi connectivity index (χ2n) is 4.51. The second kappa shape index (κ2) is 5.26. The molecule has 12 heteroatoms. The lowest BCUT2D eigenvalue weighted by atomic mass is 9.92. The van der Waals surface area contributed by atoms with Gasteiger partial charge in [0.15, 0.2) is 5.92 Å². The molecule has 2 rings (SSSR count). The first-order valence-corrected chi connectivity index (χ1v) is 7.70. The number of amides is 1. The standard InChI is InChI=1S/C11H6ClF6NO3S/c12-4-19-9(20)7-5(2-1-3-6(7)23(19,21)22)8(10(13,14)15)11(16,17)18/h1-3,8H,4H2. The van der Waals surface area contributed by atoms with Crippen LogP contribution >= 0.6 is 11.6 Å². The molecule has 0 unspecified atom stereocenters. The monoisotopic (exact) mass is 381 g/mol. The molecule has 0 spiro atoms. The summed E-state index contributed by atoms with van der Waals surface area (Å²) in [5.74, 6) is -5.51. The van der Waals surface area contributed by atoms with Gasteiger partial charge in [-0.25, -0.2) is 12.7 Å². The molecule has 128 valence electrons. The number of hydrogen-bond donors (Lipinski definition) is 0. The summed E-state index contributed by atoms with van der Waals surface area (Å²) in [4.78, 5) is 11.0. The van der Waals surface area contributed by atoms with Crippen LogP contribution in [0.15, 0.2) is 23.1 Å². The molecule has 0 aromatic heterocycles. The fourth-order valence-electron chi connectivity index (χ4n) is 2.24. The summed E-state index contributed by atoms with van der Waals surface area (Å²) in [7, 11) is -4.58. The first-order chi connectivity index (χ1) is 10.3. The summed E-state index contributed by atoms with van der Waals surface area (Å²) >= 11 is 5.27. The van der Waals surface area contributed by atoms with Gasteiger partial charge in [0.1, 0.15) is 10.9 Å². The molecular formula is C11H6ClF6NO3S. The fourth-order valence-corrected chi connectivity index (χ4v) is 4.12. The molecule has 0 atom stereocenters. The van der Waals surface area contributed by atoms with Gasteiger partial charge in [0.25, 0.3) is 15.9 Å². The SMILES string of the molecule is O=C1c2c(C(C(F)(F)F)C(F)(F)F)cccc2S(=O)(=O)N1CCl. The van der Waals surface area contributed by atoms with Gasteiger partial charge in [-0.1, -0.05) is 12.1 Å². The average Bonchev–Trinajstić information content (AvgIpc) is 2.54. The van der Waals surface area contributed by atoms with Crippen molar-refractivity contribution in [3.05, 3.63) is 29.3 Å². The normalized spacial score (nSPS) is 17.7. The highest BCUT2D eigenvalue weighted by atomic mass is 35.5. The van der Waals surface area contributed by atoms with Crippen LogP contribution in [0.5, 0.6) is 0 Å². The molecule has 1 amide bonds. The van der Waals surface area contributed by atoms with Gasteiger partial charge in [0.05, 0.1) is 5.56 Å². The van der Waals surface area contributed by atoms with E-state index in [-0.39, 0.29) is 4.31 Å². The summed E-state index contributed by atoms with van der Waals surface area (Å²) < 4.78 is 101. The molecule has 0 saturated heterocycles. The molecule has 1 aliphatic rings. The molecule has 0 radical (unpaired) electrons. The maximum Gasteiger partial charge on any atom is 0.404 e. The van der Waals surface area contributed by atoms with Crippen LogP contribution in [-0.2, 0) is 10.0 Å². The summed E-state index contributed by atoms with van der Waals surface area (Å²) in [6.07, 6.45) is -11.5. The number of benzene rings is 1. The molecule has 0 saturated carbocycles. The molecule has 23 heavy (non-hydrogen) atoms. The molecular weight excluding hydrogens is 376 g/mol. The van der Waals surface area contributed by atoms with Crippen molar-refractivity contribution in [3.8, 4) is 0 Å². The van der Waals surface area contributed by atoms with E-state index in [9.17, 15) is 39.6 Å². The van der Waals surface area contributed by atoms with Crippen molar-refractivity contribution in [1.29, 1.82) is 0 Å². The van der Waals surface area contributed by atoms with Crippen molar-refractivity contribution in [1.82, 2.24) is 4.31 Å². The minimum absolute atomic E-state index is 0.00648. The maximum atomic E-state index is 12.8. The van der Waals surface area contributed by atoms with Gasteiger partial charge in [-0.3, -0.25) is 4.79 Å². The third-order valence-corrected chi connectivity index (χ3v) is 5.29. The molecule has 0 fully saturated rings. The van der Waals surface area contributed by atoms with Crippen LogP contribution in [0.4, 0.5) is 26.3 Å². The Bertz CT molecular complexity index is 744. The lowest BCUT2D eigenvalue weighted by Crippen LogP contribution is -2.35. The Labute approximate surface area is 130 Å². The molecule has 1 heterocycles. The van der Waals surface area contributed by atoms with E-state index in [2.05, 4.69) is 0 Å². The van der Waals surface area contributed by atoms with E-state index >= 15 is 0 Å². The van der Waals surface area contributed by atoms with Gasteiger partial charge in [-0.2, -0.15) is 26.3 Å². The van der Waals surface area contributed by atoms with Crippen LogP contribution in [0.1, 0.15) is 21.8 Å². The van der Waals surface area contributed by atoms with Crippen LogP contribution < -0.4 is 0 Å². The van der Waals surface area contributed by atoms with E-state index in [0.29, 0.717) is 12.1 Å². The summed E-state index contributed by atoms with van der Waals surface area (Å²) in [6, 6.07) is 0.956. The van der Waals surface area contributed by atoms with E-state index < -0.39 is 56.2 Å². The van der Waals surface area contributed by atoms with Crippen molar-refractivity contribution in [2.45, 2.75) is 23.2 Å². The number of alkyl halides is 7. The van der Waals surface area contributed by atoms with Crippen molar-refractivity contribution in [2.75, 3.05) is 6.00 Å². The number of nitrogens with zero attached hydrogens (tertiary/aromatic N) is 1. The van der Waals surface area contributed by atoms with Gasteiger partial charge in [-0.15, -0.1) is 11.6 Å². The van der Waals surface area contributed by atoms with Gasteiger partial charge in [0, 0.05) is 0 Å². The number of carbonyl (C=O) groups excluding carboxylic acids is 1. The molecule has 0 bridgehead atoms. The summed E-state index contributed by atoms with van der Waals surface area (Å²) in [5.41, 5.74) is -2.63. The number of rotatable bonds is 2. The molecule has 0 aliphatic carbocycles. The Kier molecular flexibility index (Phi) is 4.09. The largest absolute Gasteiger partial charge is 0.404 e. The number of hydrogen-bond acceptors (Lipinski definition) is 3. The lowest BCUT2D eigenvalue weighted by molar-refractivity contribution is -0.253. The van der Waals surface area contributed by atoms with Gasteiger partial charge >= 0.3 is 12.4 Å². The quantitative estimate of drug-likeness (QED) is 0.449. The smallest absolute Gasteiger partial charge is 0.268 e. The molecule has 0 N–H and O–H groups in total. The van der Waals surface area contributed by atoms with E-state index in [0.717, 1.165) is 6.07 Å². The average molecular weight is 382 g/mol. The topological polar surface area (TPSA) is 54.5 Å². The lowest BCUT2D eigenvalue weighted by Gasteiger charge is -2.24. The van der Waals surface area contributed by atoms with Gasteiger partial charge < -0.3 is 0 Å². The Balaban J connectivity index is 2.80. The minimum Gasteiger partial charge on any atom is -0.268 e. The van der Waals surface area contributed by atoms with Crippen LogP contribution in [-0.4, -0.2) is 37.0 Å². The highest BCUT2D eigenvalue weighted by Gasteiger charge is 2.59. The van der Waals surface area contributed by atoms with E-state index in [4.69, 9.17) is 11.6 Å². The predicted octanol–water partition coefficient (Wildman–Crippen LogP) is 3.24. The first-order valence-electron chi connectivity index (χ1n) is 5.73. The molecule has 4 nitrogen and oxygen atoms in total. The number of sulfonamides is 1. The Morgan fingerprint density at radius 3 is 2.04 bits per heavy atom. The zero-order valence-corrected chi connectivity index (χ0v) is 12.3. The Morgan fingerprint density at radius 1 is 1.09 bits per heavy atom. The minimum atomic E-state index is -5.76. The number of halogens is 7. The molecule has 1 aliphatic heterocycles. The van der Waals surface area contributed by atoms with Crippen LogP contribution in [0.3, 0.4) is 0 Å². The van der Waals surface area contributed by atoms with Crippen LogP contribution in [0.2, 0.25) is 0 Å². The first kappa shape index (κ1) is 17.9. The van der Waals surface area contributed by atoms with Gasteiger partial charge in [0.2, 0.25) is 0 Å². The molecule has 1 aromatic carbocycles. The second-order valence-corrected chi connectivity index (χ2v) is 6.58. The highest BCUT2D eigenvalue weighted by Crippen LogP contribution is 2.49. The van der Waals surface area contributed by atoms with E-state index in [1.165, 1.54) is 0 Å². The zero-order valence-electron chi connectivity index (χ0n) is 10.7. The van der Waals surface area contributed by atoms with Crippen molar-refractivity contribution >= 4 is 27.5 Å².